The summed E-state index contributed by atoms with van der Waals surface area (Å²) in [4.78, 5) is 42.3. The largest absolute Gasteiger partial charge is 0.339 e. The van der Waals surface area contributed by atoms with Crippen molar-refractivity contribution >= 4 is 17.7 Å². The number of piperidine rings is 2. The molecule has 2 N–H and O–H groups in total. The Bertz CT molecular complexity index is 875. The van der Waals surface area contributed by atoms with Crippen molar-refractivity contribution in [3.63, 3.8) is 0 Å². The van der Waals surface area contributed by atoms with Crippen LogP contribution in [0.3, 0.4) is 0 Å². The summed E-state index contributed by atoms with van der Waals surface area (Å²) < 4.78 is 0. The SMILES string of the molecule is O=C1CCC(NC(=O)c2ccc(C3CCCN(CC4=CCCC=C4)C3)cn2)C(=O)N1. The number of hydrogen-bond acceptors (Lipinski definition) is 5. The third kappa shape index (κ3) is 5.02. The van der Waals surface area contributed by atoms with Gasteiger partial charge < -0.3 is 5.32 Å². The molecule has 0 aromatic carbocycles. The number of carbonyl (C=O) groups is 3. The molecule has 4 rings (SSSR count). The molecular formula is C23H28N4O3. The zero-order chi connectivity index (χ0) is 20.9. The van der Waals surface area contributed by atoms with Crippen LogP contribution in [0.25, 0.3) is 0 Å². The minimum absolute atomic E-state index is 0.230. The van der Waals surface area contributed by atoms with Gasteiger partial charge in [-0.1, -0.05) is 24.3 Å². The van der Waals surface area contributed by atoms with Crippen LogP contribution >= 0.6 is 0 Å². The van der Waals surface area contributed by atoms with E-state index in [4.69, 9.17) is 0 Å². The number of nitrogens with zero attached hydrogens (tertiary/aromatic N) is 2. The molecule has 2 aliphatic heterocycles. The average molecular weight is 409 g/mol. The normalized spacial score (nSPS) is 24.9. The summed E-state index contributed by atoms with van der Waals surface area (Å²) >= 11 is 0. The maximum absolute atomic E-state index is 12.4. The highest BCUT2D eigenvalue weighted by atomic mass is 16.2. The van der Waals surface area contributed by atoms with Gasteiger partial charge in [0.05, 0.1) is 0 Å². The molecule has 158 valence electrons. The van der Waals surface area contributed by atoms with E-state index in [-0.39, 0.29) is 18.0 Å². The second kappa shape index (κ2) is 9.34. The van der Waals surface area contributed by atoms with E-state index in [1.807, 2.05) is 6.07 Å². The minimum Gasteiger partial charge on any atom is -0.339 e. The first-order valence-electron chi connectivity index (χ1n) is 10.8. The number of nitrogens with one attached hydrogen (secondary N) is 2. The fourth-order valence-electron chi connectivity index (χ4n) is 4.36. The second-order valence-corrected chi connectivity index (χ2v) is 8.29. The zero-order valence-electron chi connectivity index (χ0n) is 17.1. The van der Waals surface area contributed by atoms with Crippen LogP contribution in [0.15, 0.2) is 42.1 Å². The first kappa shape index (κ1) is 20.5. The van der Waals surface area contributed by atoms with Gasteiger partial charge in [0, 0.05) is 25.7 Å². The average Bonchev–Trinajstić information content (AvgIpc) is 2.77. The summed E-state index contributed by atoms with van der Waals surface area (Å²) in [7, 11) is 0. The number of carbonyl (C=O) groups excluding carboxylic acids is 3. The van der Waals surface area contributed by atoms with Gasteiger partial charge in [-0.25, -0.2) is 0 Å². The topological polar surface area (TPSA) is 91.4 Å². The third-order valence-electron chi connectivity index (χ3n) is 6.02. The number of rotatable bonds is 5. The highest BCUT2D eigenvalue weighted by Gasteiger charge is 2.28. The molecule has 3 aliphatic rings. The van der Waals surface area contributed by atoms with E-state index >= 15 is 0 Å². The van der Waals surface area contributed by atoms with Gasteiger partial charge >= 0.3 is 0 Å². The molecule has 3 heterocycles. The Morgan fingerprint density at radius 1 is 1.23 bits per heavy atom. The second-order valence-electron chi connectivity index (χ2n) is 8.29. The molecule has 1 aliphatic carbocycles. The molecule has 30 heavy (non-hydrogen) atoms. The van der Waals surface area contributed by atoms with Crippen LogP contribution in [0.2, 0.25) is 0 Å². The number of likely N-dealkylation sites (tertiary alicyclic amines) is 1. The van der Waals surface area contributed by atoms with Crippen molar-refractivity contribution in [1.29, 1.82) is 0 Å². The lowest BCUT2D eigenvalue weighted by Crippen LogP contribution is -2.52. The van der Waals surface area contributed by atoms with Crippen LogP contribution in [0.1, 0.15) is 60.5 Å². The Morgan fingerprint density at radius 2 is 2.13 bits per heavy atom. The summed E-state index contributed by atoms with van der Waals surface area (Å²) in [5.74, 6) is -0.740. The van der Waals surface area contributed by atoms with E-state index in [1.165, 1.54) is 5.57 Å². The summed E-state index contributed by atoms with van der Waals surface area (Å²) in [6, 6.07) is 3.01. The van der Waals surface area contributed by atoms with Gasteiger partial charge in [-0.2, -0.15) is 0 Å². The van der Waals surface area contributed by atoms with Gasteiger partial charge in [0.1, 0.15) is 11.7 Å². The molecule has 3 amide bonds. The number of imide groups is 1. The van der Waals surface area contributed by atoms with Gasteiger partial charge in [0.25, 0.3) is 5.91 Å². The van der Waals surface area contributed by atoms with Gasteiger partial charge in [-0.05, 0) is 61.8 Å². The summed E-state index contributed by atoms with van der Waals surface area (Å²) in [6.45, 7) is 3.10. The molecule has 1 aromatic rings. The Balaban J connectivity index is 1.34. The first-order valence-corrected chi connectivity index (χ1v) is 10.8. The van der Waals surface area contributed by atoms with E-state index in [0.717, 1.165) is 50.9 Å². The molecule has 2 unspecified atom stereocenters. The molecular weight excluding hydrogens is 380 g/mol. The van der Waals surface area contributed by atoms with Crippen molar-refractivity contribution in [1.82, 2.24) is 20.5 Å². The van der Waals surface area contributed by atoms with Crippen molar-refractivity contribution in [2.75, 3.05) is 19.6 Å². The molecule has 2 fully saturated rings. The van der Waals surface area contributed by atoms with Gasteiger partial charge in [-0.3, -0.25) is 29.6 Å². The summed E-state index contributed by atoms with van der Waals surface area (Å²) in [5.41, 5.74) is 2.83. The predicted molar refractivity (Wildman–Crippen MR) is 113 cm³/mol. The fraction of sp³-hybridized carbons (Fsp3) is 0.478. The molecule has 0 saturated carbocycles. The highest BCUT2D eigenvalue weighted by Crippen LogP contribution is 2.27. The van der Waals surface area contributed by atoms with Crippen molar-refractivity contribution in [3.05, 3.63) is 53.4 Å². The van der Waals surface area contributed by atoms with Crippen molar-refractivity contribution in [2.24, 2.45) is 0 Å². The van der Waals surface area contributed by atoms with Crippen molar-refractivity contribution in [2.45, 2.75) is 50.5 Å². The van der Waals surface area contributed by atoms with E-state index in [2.05, 4.69) is 38.7 Å². The Kier molecular flexibility index (Phi) is 6.38. The monoisotopic (exact) mass is 408 g/mol. The molecule has 7 nitrogen and oxygen atoms in total. The minimum atomic E-state index is -0.688. The Labute approximate surface area is 176 Å². The Morgan fingerprint density at radius 3 is 2.87 bits per heavy atom. The van der Waals surface area contributed by atoms with Gasteiger partial charge in [0.2, 0.25) is 11.8 Å². The van der Waals surface area contributed by atoms with Crippen LogP contribution in [0.5, 0.6) is 0 Å². The summed E-state index contributed by atoms with van der Waals surface area (Å²) in [5, 5.41) is 4.92. The maximum Gasteiger partial charge on any atom is 0.270 e. The Hall–Kier alpha value is -2.80. The maximum atomic E-state index is 12.4. The number of hydrogen-bond donors (Lipinski definition) is 2. The number of allylic oxidation sites excluding steroid dienone is 2. The van der Waals surface area contributed by atoms with E-state index in [0.29, 0.717) is 12.3 Å². The molecule has 2 atom stereocenters. The molecule has 2 saturated heterocycles. The number of amides is 3. The smallest absolute Gasteiger partial charge is 0.270 e. The molecule has 0 spiro atoms. The lowest BCUT2D eigenvalue weighted by Gasteiger charge is -2.33. The zero-order valence-corrected chi connectivity index (χ0v) is 17.1. The van der Waals surface area contributed by atoms with Crippen LogP contribution < -0.4 is 10.6 Å². The number of pyridine rings is 1. The molecule has 1 aromatic heterocycles. The third-order valence-corrected chi connectivity index (χ3v) is 6.02. The van der Waals surface area contributed by atoms with Crippen LogP contribution in [0, 0.1) is 0 Å². The van der Waals surface area contributed by atoms with Crippen molar-refractivity contribution < 1.29 is 14.4 Å². The van der Waals surface area contributed by atoms with Crippen LogP contribution in [-0.2, 0) is 9.59 Å². The standard InChI is InChI=1S/C23H28N4O3/c28-21-11-10-20(23(30)26-21)25-22(29)19-9-8-17(13-24-19)18-7-4-12-27(15-18)14-16-5-2-1-3-6-16/h2,5-6,8-9,13,18,20H,1,3-4,7,10-12,14-15H2,(H,25,29)(H,26,28,30). The molecule has 0 bridgehead atoms. The van der Waals surface area contributed by atoms with Gasteiger partial charge in [-0.15, -0.1) is 0 Å². The number of aromatic nitrogens is 1. The highest BCUT2D eigenvalue weighted by molar-refractivity contribution is 6.03. The molecule has 0 radical (unpaired) electrons. The lowest BCUT2D eigenvalue weighted by atomic mass is 9.91. The van der Waals surface area contributed by atoms with E-state index in [1.54, 1.807) is 12.3 Å². The van der Waals surface area contributed by atoms with Crippen molar-refractivity contribution in [3.8, 4) is 0 Å². The van der Waals surface area contributed by atoms with E-state index < -0.39 is 17.9 Å². The first-order chi connectivity index (χ1) is 14.6. The predicted octanol–water partition coefficient (Wildman–Crippen LogP) is 2.07. The van der Waals surface area contributed by atoms with Gasteiger partial charge in [0.15, 0.2) is 0 Å². The van der Waals surface area contributed by atoms with E-state index in [9.17, 15) is 14.4 Å². The summed E-state index contributed by atoms with van der Waals surface area (Å²) in [6.07, 6.45) is 13.7. The van der Waals surface area contributed by atoms with Crippen LogP contribution in [-0.4, -0.2) is 53.3 Å². The fourth-order valence-corrected chi connectivity index (χ4v) is 4.36. The van der Waals surface area contributed by atoms with Crippen LogP contribution in [0.4, 0.5) is 0 Å². The quantitative estimate of drug-likeness (QED) is 0.728. The lowest BCUT2D eigenvalue weighted by molar-refractivity contribution is -0.134. The molecule has 7 heteroatoms.